The molecule has 1 aliphatic carbocycles. The molecule has 0 N–H and O–H groups in total. The van der Waals surface area contributed by atoms with Gasteiger partial charge in [-0.15, -0.1) is 0 Å². The molecule has 4 rings (SSSR count). The number of amides is 1. The van der Waals surface area contributed by atoms with E-state index in [0.717, 1.165) is 68.4 Å². The van der Waals surface area contributed by atoms with Crippen LogP contribution in [0, 0.1) is 5.92 Å². The minimum absolute atomic E-state index is 0.0898. The van der Waals surface area contributed by atoms with Gasteiger partial charge in [0.05, 0.1) is 12.3 Å². The van der Waals surface area contributed by atoms with Crippen LogP contribution >= 0.6 is 0 Å². The van der Waals surface area contributed by atoms with Crippen LogP contribution in [0.1, 0.15) is 43.9 Å². The highest BCUT2D eigenvalue weighted by molar-refractivity contribution is 5.79. The van der Waals surface area contributed by atoms with Gasteiger partial charge in [0.15, 0.2) is 5.82 Å². The number of carbonyl (C=O) groups is 1. The molecule has 2 heterocycles. The number of benzene rings is 1. The van der Waals surface area contributed by atoms with Crippen LogP contribution in [0.2, 0.25) is 0 Å². The van der Waals surface area contributed by atoms with Gasteiger partial charge in [0.25, 0.3) is 0 Å². The van der Waals surface area contributed by atoms with Crippen LogP contribution in [0.15, 0.2) is 30.3 Å². The molecule has 1 aliphatic heterocycles. The molecular formula is C22H27N3O2. The van der Waals surface area contributed by atoms with Gasteiger partial charge in [-0.1, -0.05) is 30.3 Å². The standard InChI is InChI=1S/C22H27N3O2/c1-2-27-21-18-12-10-17(22(26)25-14-6-7-15-25)11-13-19(18)23-20(24-21)16-8-4-3-5-9-16/h3-5,8-9,17H,2,6-7,10-15H2,1H3. The first kappa shape index (κ1) is 18.0. The Balaban J connectivity index is 1.61. The van der Waals surface area contributed by atoms with E-state index >= 15 is 0 Å². The Labute approximate surface area is 160 Å². The number of hydrogen-bond acceptors (Lipinski definition) is 4. The van der Waals surface area contributed by atoms with E-state index in [4.69, 9.17) is 14.7 Å². The number of carbonyl (C=O) groups excluding carboxylic acids is 1. The second-order valence-corrected chi connectivity index (χ2v) is 7.38. The lowest BCUT2D eigenvalue weighted by atomic mass is 9.98. The van der Waals surface area contributed by atoms with Crippen molar-refractivity contribution in [1.29, 1.82) is 0 Å². The Morgan fingerprint density at radius 3 is 2.59 bits per heavy atom. The highest BCUT2D eigenvalue weighted by Crippen LogP contribution is 2.32. The average molecular weight is 365 g/mol. The molecule has 0 bridgehead atoms. The summed E-state index contributed by atoms with van der Waals surface area (Å²) in [4.78, 5) is 24.5. The van der Waals surface area contributed by atoms with Crippen molar-refractivity contribution in [3.63, 3.8) is 0 Å². The highest BCUT2D eigenvalue weighted by Gasteiger charge is 2.30. The number of nitrogens with zero attached hydrogens (tertiary/aromatic N) is 3. The van der Waals surface area contributed by atoms with Crippen molar-refractivity contribution >= 4 is 5.91 Å². The lowest BCUT2D eigenvalue weighted by Gasteiger charge is -2.21. The zero-order chi connectivity index (χ0) is 18.6. The van der Waals surface area contributed by atoms with Crippen molar-refractivity contribution in [3.8, 4) is 17.3 Å². The van der Waals surface area contributed by atoms with Gasteiger partial charge in [-0.25, -0.2) is 4.98 Å². The molecule has 0 saturated carbocycles. The molecule has 0 spiro atoms. The van der Waals surface area contributed by atoms with Crippen molar-refractivity contribution in [2.75, 3.05) is 19.7 Å². The lowest BCUT2D eigenvalue weighted by molar-refractivity contribution is -0.134. The number of rotatable bonds is 4. The maximum absolute atomic E-state index is 12.9. The number of hydrogen-bond donors (Lipinski definition) is 0. The van der Waals surface area contributed by atoms with E-state index in [1.54, 1.807) is 0 Å². The van der Waals surface area contributed by atoms with Crippen LogP contribution in [0.25, 0.3) is 11.4 Å². The summed E-state index contributed by atoms with van der Waals surface area (Å²) in [5.74, 6) is 1.82. The fourth-order valence-electron chi connectivity index (χ4n) is 4.15. The van der Waals surface area contributed by atoms with E-state index in [9.17, 15) is 4.79 Å². The molecule has 1 amide bonds. The molecule has 0 radical (unpaired) electrons. The Morgan fingerprint density at radius 1 is 1.11 bits per heavy atom. The van der Waals surface area contributed by atoms with Crippen molar-refractivity contribution in [3.05, 3.63) is 41.6 Å². The summed E-state index contributed by atoms with van der Waals surface area (Å²) in [6, 6.07) is 10.0. The van der Waals surface area contributed by atoms with E-state index in [0.29, 0.717) is 24.2 Å². The molecule has 2 aliphatic rings. The first-order valence-electron chi connectivity index (χ1n) is 10.1. The molecule has 1 saturated heterocycles. The van der Waals surface area contributed by atoms with Gasteiger partial charge in [-0.3, -0.25) is 4.79 Å². The van der Waals surface area contributed by atoms with Crippen LogP contribution < -0.4 is 4.74 Å². The highest BCUT2D eigenvalue weighted by atomic mass is 16.5. The smallest absolute Gasteiger partial charge is 0.225 e. The number of fused-ring (bicyclic) bond motifs is 1. The molecule has 5 heteroatoms. The van der Waals surface area contributed by atoms with Crippen LogP contribution in [0.5, 0.6) is 5.88 Å². The molecule has 1 unspecified atom stereocenters. The lowest BCUT2D eigenvalue weighted by Crippen LogP contribution is -2.34. The predicted molar refractivity (Wildman–Crippen MR) is 105 cm³/mol. The predicted octanol–water partition coefficient (Wildman–Crippen LogP) is 3.66. The molecule has 1 aromatic heterocycles. The van der Waals surface area contributed by atoms with Crippen molar-refractivity contribution in [2.45, 2.75) is 45.4 Å². The summed E-state index contributed by atoms with van der Waals surface area (Å²) >= 11 is 0. The fourth-order valence-corrected chi connectivity index (χ4v) is 4.15. The molecule has 1 fully saturated rings. The largest absolute Gasteiger partial charge is 0.478 e. The van der Waals surface area contributed by atoms with E-state index in [2.05, 4.69) is 0 Å². The topological polar surface area (TPSA) is 55.3 Å². The second-order valence-electron chi connectivity index (χ2n) is 7.38. The van der Waals surface area contributed by atoms with Gasteiger partial charge in [-0.05, 0) is 45.4 Å². The third-order valence-electron chi connectivity index (χ3n) is 5.61. The van der Waals surface area contributed by atoms with Crippen LogP contribution in [0.4, 0.5) is 0 Å². The minimum Gasteiger partial charge on any atom is -0.478 e. The third kappa shape index (κ3) is 3.82. The Morgan fingerprint density at radius 2 is 1.85 bits per heavy atom. The monoisotopic (exact) mass is 365 g/mol. The van der Waals surface area contributed by atoms with E-state index in [1.165, 1.54) is 0 Å². The van der Waals surface area contributed by atoms with Crippen LogP contribution in [-0.2, 0) is 17.6 Å². The van der Waals surface area contributed by atoms with Gasteiger partial charge >= 0.3 is 0 Å². The summed E-state index contributed by atoms with van der Waals surface area (Å²) in [5.41, 5.74) is 3.13. The molecule has 1 atom stereocenters. The first-order chi connectivity index (χ1) is 13.3. The van der Waals surface area contributed by atoms with E-state index in [1.807, 2.05) is 42.2 Å². The summed E-state index contributed by atoms with van der Waals surface area (Å²) < 4.78 is 5.87. The van der Waals surface area contributed by atoms with Crippen molar-refractivity contribution < 1.29 is 9.53 Å². The maximum atomic E-state index is 12.9. The summed E-state index contributed by atoms with van der Waals surface area (Å²) in [6.07, 6.45) is 5.61. The number of ether oxygens (including phenoxy) is 1. The van der Waals surface area contributed by atoms with Gasteiger partial charge < -0.3 is 9.64 Å². The van der Waals surface area contributed by atoms with Gasteiger partial charge in [0.1, 0.15) is 0 Å². The number of aryl methyl sites for hydroxylation is 1. The average Bonchev–Trinajstić information content (AvgIpc) is 3.15. The van der Waals surface area contributed by atoms with Crippen LogP contribution in [-0.4, -0.2) is 40.5 Å². The minimum atomic E-state index is 0.0898. The van der Waals surface area contributed by atoms with Crippen molar-refractivity contribution in [2.24, 2.45) is 5.92 Å². The normalized spacial score (nSPS) is 19.4. The van der Waals surface area contributed by atoms with Crippen molar-refractivity contribution in [1.82, 2.24) is 14.9 Å². The molecule has 2 aromatic rings. The second kappa shape index (κ2) is 8.07. The maximum Gasteiger partial charge on any atom is 0.225 e. The molecule has 5 nitrogen and oxygen atoms in total. The molecule has 142 valence electrons. The van der Waals surface area contributed by atoms with Gasteiger partial charge in [0.2, 0.25) is 11.8 Å². The zero-order valence-electron chi connectivity index (χ0n) is 16.0. The molecule has 1 aromatic carbocycles. The first-order valence-corrected chi connectivity index (χ1v) is 10.1. The summed E-state index contributed by atoms with van der Waals surface area (Å²) in [7, 11) is 0. The molecule has 27 heavy (non-hydrogen) atoms. The van der Waals surface area contributed by atoms with Crippen LogP contribution in [0.3, 0.4) is 0 Å². The summed E-state index contributed by atoms with van der Waals surface area (Å²) in [6.45, 7) is 4.40. The SMILES string of the molecule is CCOc1nc(-c2ccccc2)nc2c1CCC(C(=O)N1CCCC1)CC2. The quantitative estimate of drug-likeness (QED) is 0.776. The fraction of sp³-hybridized carbons (Fsp3) is 0.500. The van der Waals surface area contributed by atoms with Gasteiger partial charge in [-0.2, -0.15) is 4.98 Å². The number of likely N-dealkylation sites (tertiary alicyclic amines) is 1. The number of aromatic nitrogens is 2. The molecular weight excluding hydrogens is 338 g/mol. The Kier molecular flexibility index (Phi) is 5.37. The zero-order valence-corrected chi connectivity index (χ0v) is 16.0. The third-order valence-corrected chi connectivity index (χ3v) is 5.61. The van der Waals surface area contributed by atoms with Gasteiger partial charge in [0, 0.05) is 30.1 Å². The summed E-state index contributed by atoms with van der Waals surface area (Å²) in [5, 5.41) is 0. The Hall–Kier alpha value is -2.43. The Bertz CT molecular complexity index is 801. The van der Waals surface area contributed by atoms with E-state index < -0.39 is 0 Å². The van der Waals surface area contributed by atoms with E-state index in [-0.39, 0.29) is 5.92 Å².